The Morgan fingerprint density at radius 2 is 2.11 bits per heavy atom. The number of aromatic nitrogens is 2. The first kappa shape index (κ1) is 12.0. The average Bonchev–Trinajstić information content (AvgIpc) is 2.92. The van der Waals surface area contributed by atoms with Crippen molar-refractivity contribution in [1.29, 1.82) is 0 Å². The number of furan rings is 1. The first-order chi connectivity index (χ1) is 9.03. The highest BCUT2D eigenvalue weighted by atomic mass is 16.3. The highest BCUT2D eigenvalue weighted by Crippen LogP contribution is 2.29. The summed E-state index contributed by atoms with van der Waals surface area (Å²) in [5, 5.41) is 1.09. The van der Waals surface area contributed by atoms with E-state index in [1.54, 1.807) is 6.26 Å². The molecule has 0 bridgehead atoms. The first-order valence-electron chi connectivity index (χ1n) is 6.32. The van der Waals surface area contributed by atoms with Crippen molar-refractivity contribution in [3.63, 3.8) is 0 Å². The monoisotopic (exact) mass is 255 g/mol. The Bertz CT molecular complexity index is 703. The molecule has 0 saturated carbocycles. The molecule has 2 aromatic heterocycles. The number of fused-ring (bicyclic) bond motifs is 1. The third-order valence-corrected chi connectivity index (χ3v) is 3.02. The molecule has 4 nitrogen and oxygen atoms in total. The van der Waals surface area contributed by atoms with Crippen LogP contribution in [0.15, 0.2) is 41.1 Å². The molecule has 0 aliphatic carbocycles. The molecular formula is C15H17N3O. The Balaban J connectivity index is 1.99. The minimum absolute atomic E-state index is 0.270. The highest BCUT2D eigenvalue weighted by Gasteiger charge is 2.15. The van der Waals surface area contributed by atoms with Gasteiger partial charge in [-0.2, -0.15) is 0 Å². The molecule has 0 unspecified atom stereocenters. The van der Waals surface area contributed by atoms with Crippen molar-refractivity contribution in [2.24, 2.45) is 5.73 Å². The van der Waals surface area contributed by atoms with Gasteiger partial charge in [0.05, 0.1) is 11.9 Å². The van der Waals surface area contributed by atoms with Crippen LogP contribution in [0.2, 0.25) is 0 Å². The number of nitrogens with one attached hydrogen (secondary N) is 1. The van der Waals surface area contributed by atoms with Crippen molar-refractivity contribution in [3.8, 4) is 11.3 Å². The van der Waals surface area contributed by atoms with Crippen LogP contribution in [-0.2, 0) is 6.42 Å². The lowest BCUT2D eigenvalue weighted by Crippen LogP contribution is -2.34. The Hall–Kier alpha value is -2.07. The number of nitrogens with zero attached hydrogens (tertiary/aromatic N) is 1. The molecular weight excluding hydrogens is 238 g/mol. The molecule has 0 atom stereocenters. The Labute approximate surface area is 111 Å². The predicted molar refractivity (Wildman–Crippen MR) is 75.8 cm³/mol. The van der Waals surface area contributed by atoms with Gasteiger partial charge in [0.25, 0.3) is 0 Å². The molecule has 19 heavy (non-hydrogen) atoms. The highest BCUT2D eigenvalue weighted by molar-refractivity contribution is 5.92. The van der Waals surface area contributed by atoms with Gasteiger partial charge in [0.1, 0.15) is 17.7 Å². The molecule has 2 heterocycles. The molecule has 3 rings (SSSR count). The smallest absolute Gasteiger partial charge is 0.134 e. The maximum absolute atomic E-state index is 6.01. The van der Waals surface area contributed by atoms with Gasteiger partial charge in [0.2, 0.25) is 0 Å². The lowest BCUT2D eigenvalue weighted by atomic mass is 10.0. The van der Waals surface area contributed by atoms with E-state index in [0.29, 0.717) is 6.42 Å². The second kappa shape index (κ2) is 4.24. The maximum atomic E-state index is 6.01. The van der Waals surface area contributed by atoms with E-state index in [4.69, 9.17) is 10.2 Å². The van der Waals surface area contributed by atoms with Gasteiger partial charge in [-0.05, 0) is 19.9 Å². The number of aromatic amines is 1. The van der Waals surface area contributed by atoms with Gasteiger partial charge in [-0.3, -0.25) is 0 Å². The summed E-state index contributed by atoms with van der Waals surface area (Å²) in [5.74, 6) is 0.896. The van der Waals surface area contributed by atoms with Gasteiger partial charge >= 0.3 is 0 Å². The van der Waals surface area contributed by atoms with E-state index in [1.807, 2.05) is 44.3 Å². The lowest BCUT2D eigenvalue weighted by molar-refractivity contribution is 0.505. The van der Waals surface area contributed by atoms with Crippen LogP contribution in [0.4, 0.5) is 0 Å². The summed E-state index contributed by atoms with van der Waals surface area (Å²) >= 11 is 0. The van der Waals surface area contributed by atoms with Gasteiger partial charge in [0, 0.05) is 22.9 Å². The second-order valence-corrected chi connectivity index (χ2v) is 5.55. The number of benzene rings is 1. The first-order valence-corrected chi connectivity index (χ1v) is 6.32. The van der Waals surface area contributed by atoms with E-state index in [0.717, 1.165) is 28.1 Å². The van der Waals surface area contributed by atoms with Crippen molar-refractivity contribution in [1.82, 2.24) is 9.97 Å². The summed E-state index contributed by atoms with van der Waals surface area (Å²) in [5.41, 5.74) is 8.61. The van der Waals surface area contributed by atoms with Crippen LogP contribution in [0.25, 0.3) is 22.2 Å². The van der Waals surface area contributed by atoms with E-state index in [1.165, 1.54) is 0 Å². The summed E-state index contributed by atoms with van der Waals surface area (Å²) in [7, 11) is 0. The number of rotatable bonds is 3. The largest absolute Gasteiger partial charge is 0.464 e. The van der Waals surface area contributed by atoms with Crippen molar-refractivity contribution in [3.05, 3.63) is 42.5 Å². The molecule has 0 aliphatic heterocycles. The van der Waals surface area contributed by atoms with E-state index in [2.05, 4.69) is 9.97 Å². The van der Waals surface area contributed by atoms with Crippen LogP contribution >= 0.6 is 0 Å². The van der Waals surface area contributed by atoms with E-state index >= 15 is 0 Å². The molecule has 0 fully saturated rings. The predicted octanol–water partition coefficient (Wildman–Crippen LogP) is 3.10. The van der Waals surface area contributed by atoms with Gasteiger partial charge in [-0.1, -0.05) is 18.2 Å². The molecule has 0 radical (unpaired) electrons. The fourth-order valence-corrected chi connectivity index (χ4v) is 2.21. The number of hydrogen-bond donors (Lipinski definition) is 2. The number of imidazole rings is 1. The number of hydrogen-bond acceptors (Lipinski definition) is 3. The average molecular weight is 255 g/mol. The Kier molecular flexibility index (Phi) is 2.68. The third-order valence-electron chi connectivity index (χ3n) is 3.02. The molecule has 0 saturated heterocycles. The lowest BCUT2D eigenvalue weighted by Gasteiger charge is -2.15. The maximum Gasteiger partial charge on any atom is 0.134 e. The van der Waals surface area contributed by atoms with E-state index in [9.17, 15) is 0 Å². The van der Waals surface area contributed by atoms with Crippen LogP contribution in [0, 0.1) is 0 Å². The Morgan fingerprint density at radius 1 is 1.32 bits per heavy atom. The fourth-order valence-electron chi connectivity index (χ4n) is 2.21. The van der Waals surface area contributed by atoms with E-state index in [-0.39, 0.29) is 5.54 Å². The van der Waals surface area contributed by atoms with Crippen molar-refractivity contribution < 1.29 is 4.42 Å². The van der Waals surface area contributed by atoms with Gasteiger partial charge in [-0.15, -0.1) is 0 Å². The number of nitrogens with two attached hydrogens (primary N) is 1. The van der Waals surface area contributed by atoms with Crippen LogP contribution in [0.5, 0.6) is 0 Å². The summed E-state index contributed by atoms with van der Waals surface area (Å²) in [4.78, 5) is 7.70. The Morgan fingerprint density at radius 3 is 2.89 bits per heavy atom. The fraction of sp³-hybridized carbons (Fsp3) is 0.267. The minimum Gasteiger partial charge on any atom is -0.464 e. The van der Waals surface area contributed by atoms with Crippen molar-refractivity contribution >= 4 is 11.0 Å². The summed E-state index contributed by atoms with van der Waals surface area (Å²) in [6.07, 6.45) is 4.30. The molecule has 0 spiro atoms. The zero-order valence-corrected chi connectivity index (χ0v) is 11.1. The van der Waals surface area contributed by atoms with Crippen LogP contribution in [0.3, 0.4) is 0 Å². The van der Waals surface area contributed by atoms with Crippen LogP contribution in [0.1, 0.15) is 19.7 Å². The second-order valence-electron chi connectivity index (χ2n) is 5.55. The van der Waals surface area contributed by atoms with Crippen LogP contribution < -0.4 is 5.73 Å². The molecule has 3 N–H and O–H groups in total. The summed E-state index contributed by atoms with van der Waals surface area (Å²) in [6.45, 7) is 3.98. The topological polar surface area (TPSA) is 67.8 Å². The normalized spacial score (nSPS) is 12.2. The van der Waals surface area contributed by atoms with Gasteiger partial charge in [0.15, 0.2) is 0 Å². The van der Waals surface area contributed by atoms with Crippen molar-refractivity contribution in [2.45, 2.75) is 25.8 Å². The molecule has 3 aromatic rings. The summed E-state index contributed by atoms with van der Waals surface area (Å²) in [6, 6.07) is 7.97. The third kappa shape index (κ3) is 2.39. The number of para-hydroxylation sites is 1. The number of H-pyrrole nitrogens is 1. The summed E-state index contributed by atoms with van der Waals surface area (Å²) < 4.78 is 5.54. The van der Waals surface area contributed by atoms with Gasteiger partial charge in [-0.25, -0.2) is 4.98 Å². The quantitative estimate of drug-likeness (QED) is 0.755. The molecule has 98 valence electrons. The molecule has 0 aliphatic rings. The SMILES string of the molecule is CC(C)(N)Cc1ncc(-c2coc3ccccc23)[nH]1. The standard InChI is InChI=1S/C15H17N3O/c1-15(2,16)7-14-17-8-12(18-14)11-9-19-13-6-4-3-5-10(11)13/h3-6,8-9H,7,16H2,1-2H3,(H,17,18). The zero-order chi connectivity index (χ0) is 13.5. The molecule has 1 aromatic carbocycles. The molecule has 0 amide bonds. The molecule has 4 heteroatoms. The zero-order valence-electron chi connectivity index (χ0n) is 11.1. The van der Waals surface area contributed by atoms with Crippen molar-refractivity contribution in [2.75, 3.05) is 0 Å². The van der Waals surface area contributed by atoms with Crippen LogP contribution in [-0.4, -0.2) is 15.5 Å². The minimum atomic E-state index is -0.270. The van der Waals surface area contributed by atoms with Gasteiger partial charge < -0.3 is 15.1 Å². The van der Waals surface area contributed by atoms with E-state index < -0.39 is 0 Å².